The Balaban J connectivity index is 1.43. The van der Waals surface area contributed by atoms with Gasteiger partial charge in [0.05, 0.1) is 11.2 Å². The summed E-state index contributed by atoms with van der Waals surface area (Å²) in [7, 11) is 0. The molecule has 1 unspecified atom stereocenters. The minimum absolute atomic E-state index is 0.0622. The van der Waals surface area contributed by atoms with Crippen LogP contribution in [0.15, 0.2) is 90.7 Å². The van der Waals surface area contributed by atoms with Crippen molar-refractivity contribution in [1.82, 2.24) is 20.5 Å². The summed E-state index contributed by atoms with van der Waals surface area (Å²) >= 11 is 0. The molecule has 1 fully saturated rings. The SMILES string of the molecule is O=C(NC1(c2ccccc2)CC1)C1=C2C=CC=CN2C(c2ccncc2)N1. The first-order valence-corrected chi connectivity index (χ1v) is 9.19. The summed E-state index contributed by atoms with van der Waals surface area (Å²) in [6.07, 6.45) is 13.3. The number of allylic oxidation sites excluding steroid dienone is 3. The molecule has 5 nitrogen and oxygen atoms in total. The fourth-order valence-corrected chi connectivity index (χ4v) is 3.79. The second-order valence-corrected chi connectivity index (χ2v) is 7.10. The van der Waals surface area contributed by atoms with Crippen LogP contribution in [0.4, 0.5) is 0 Å². The molecule has 2 N–H and O–H groups in total. The fourth-order valence-electron chi connectivity index (χ4n) is 3.79. The predicted octanol–water partition coefficient (Wildman–Crippen LogP) is 3.09. The van der Waals surface area contributed by atoms with E-state index in [4.69, 9.17) is 0 Å². The Morgan fingerprint density at radius 1 is 1.11 bits per heavy atom. The van der Waals surface area contributed by atoms with E-state index in [9.17, 15) is 4.79 Å². The van der Waals surface area contributed by atoms with Crippen molar-refractivity contribution in [1.29, 1.82) is 0 Å². The van der Waals surface area contributed by atoms with Crippen LogP contribution in [0, 0.1) is 0 Å². The van der Waals surface area contributed by atoms with Crippen LogP contribution in [0.1, 0.15) is 30.1 Å². The van der Waals surface area contributed by atoms with Crippen LogP contribution in [0.3, 0.4) is 0 Å². The van der Waals surface area contributed by atoms with Gasteiger partial charge in [-0.2, -0.15) is 0 Å². The summed E-state index contributed by atoms with van der Waals surface area (Å²) in [5.74, 6) is -0.0622. The normalized spacial score (nSPS) is 21.6. The van der Waals surface area contributed by atoms with E-state index in [0.717, 1.165) is 24.1 Å². The average Bonchev–Trinajstić information content (AvgIpc) is 3.41. The molecule has 27 heavy (non-hydrogen) atoms. The van der Waals surface area contributed by atoms with Crippen LogP contribution < -0.4 is 10.6 Å². The molecule has 0 bridgehead atoms. The maximum atomic E-state index is 13.2. The number of hydrogen-bond donors (Lipinski definition) is 2. The summed E-state index contributed by atoms with van der Waals surface area (Å²) in [6, 6.07) is 14.1. The standard InChI is InChI=1S/C22H20N4O/c27-21(25-22(11-12-22)17-6-2-1-3-7-17)19-18-8-4-5-15-26(18)20(24-19)16-9-13-23-14-10-16/h1-10,13-15,20,24H,11-12H2,(H,25,27). The molecule has 0 radical (unpaired) electrons. The molecule has 0 spiro atoms. The quantitative estimate of drug-likeness (QED) is 0.884. The molecular formula is C22H20N4O. The van der Waals surface area contributed by atoms with Gasteiger partial charge in [0, 0.05) is 18.6 Å². The third-order valence-electron chi connectivity index (χ3n) is 5.38. The summed E-state index contributed by atoms with van der Waals surface area (Å²) in [5, 5.41) is 6.69. The summed E-state index contributed by atoms with van der Waals surface area (Å²) in [6.45, 7) is 0. The average molecular weight is 356 g/mol. The first-order valence-electron chi connectivity index (χ1n) is 9.19. The van der Waals surface area contributed by atoms with Gasteiger partial charge in [-0.1, -0.05) is 36.4 Å². The molecule has 1 aromatic carbocycles. The fraction of sp³-hybridized carbons (Fsp3) is 0.182. The minimum Gasteiger partial charge on any atom is -0.355 e. The van der Waals surface area contributed by atoms with Crippen molar-refractivity contribution >= 4 is 5.91 Å². The Hall–Kier alpha value is -3.34. The first-order chi connectivity index (χ1) is 13.3. The van der Waals surface area contributed by atoms with E-state index in [2.05, 4.69) is 32.7 Å². The van der Waals surface area contributed by atoms with Gasteiger partial charge in [-0.25, -0.2) is 0 Å². The number of benzene rings is 1. The van der Waals surface area contributed by atoms with Gasteiger partial charge in [0.15, 0.2) is 0 Å². The van der Waals surface area contributed by atoms with Gasteiger partial charge in [0.25, 0.3) is 5.91 Å². The highest BCUT2D eigenvalue weighted by Gasteiger charge is 2.47. The highest BCUT2D eigenvalue weighted by molar-refractivity contribution is 5.95. The highest BCUT2D eigenvalue weighted by atomic mass is 16.2. The van der Waals surface area contributed by atoms with Gasteiger partial charge < -0.3 is 15.5 Å². The molecule has 3 aliphatic rings. The van der Waals surface area contributed by atoms with Crippen molar-refractivity contribution in [2.75, 3.05) is 0 Å². The van der Waals surface area contributed by atoms with Crippen LogP contribution in [0.2, 0.25) is 0 Å². The molecule has 3 heterocycles. The predicted molar refractivity (Wildman–Crippen MR) is 103 cm³/mol. The zero-order valence-electron chi connectivity index (χ0n) is 14.8. The summed E-state index contributed by atoms with van der Waals surface area (Å²) < 4.78 is 0. The van der Waals surface area contributed by atoms with E-state index in [-0.39, 0.29) is 17.6 Å². The number of carbonyl (C=O) groups is 1. The number of pyridine rings is 1. The molecule has 0 saturated heterocycles. The Morgan fingerprint density at radius 2 is 1.89 bits per heavy atom. The lowest BCUT2D eigenvalue weighted by Crippen LogP contribution is -2.38. The number of rotatable bonds is 4. The number of aromatic nitrogens is 1. The largest absolute Gasteiger partial charge is 0.355 e. The van der Waals surface area contributed by atoms with E-state index in [0.29, 0.717) is 5.70 Å². The zero-order valence-corrected chi connectivity index (χ0v) is 14.8. The van der Waals surface area contributed by atoms with Crippen molar-refractivity contribution in [2.24, 2.45) is 0 Å². The topological polar surface area (TPSA) is 57.3 Å². The van der Waals surface area contributed by atoms with Crippen molar-refractivity contribution < 1.29 is 4.79 Å². The molecule has 1 atom stereocenters. The maximum Gasteiger partial charge on any atom is 0.270 e. The lowest BCUT2D eigenvalue weighted by atomic mass is 10.0. The molecule has 1 aliphatic carbocycles. The van der Waals surface area contributed by atoms with E-state index in [1.807, 2.05) is 54.8 Å². The van der Waals surface area contributed by atoms with Crippen molar-refractivity contribution in [3.05, 3.63) is 102 Å². The second kappa shape index (κ2) is 6.13. The van der Waals surface area contributed by atoms with Gasteiger partial charge >= 0.3 is 0 Å². The number of fused-ring (bicyclic) bond motifs is 1. The van der Waals surface area contributed by atoms with E-state index >= 15 is 0 Å². The van der Waals surface area contributed by atoms with Crippen LogP contribution >= 0.6 is 0 Å². The molecule has 1 saturated carbocycles. The van der Waals surface area contributed by atoms with Gasteiger partial charge in [-0.05, 0) is 48.3 Å². The highest BCUT2D eigenvalue weighted by Crippen LogP contribution is 2.46. The number of amides is 1. The molecule has 1 amide bonds. The Labute approximate surface area is 158 Å². The van der Waals surface area contributed by atoms with Crippen molar-refractivity contribution in [3.63, 3.8) is 0 Å². The van der Waals surface area contributed by atoms with Gasteiger partial charge in [-0.3, -0.25) is 9.78 Å². The van der Waals surface area contributed by atoms with Gasteiger partial charge in [-0.15, -0.1) is 0 Å². The number of hydrogen-bond acceptors (Lipinski definition) is 4. The van der Waals surface area contributed by atoms with E-state index < -0.39 is 0 Å². The van der Waals surface area contributed by atoms with Crippen LogP contribution in [-0.4, -0.2) is 15.8 Å². The van der Waals surface area contributed by atoms with Crippen LogP contribution in [0.5, 0.6) is 0 Å². The van der Waals surface area contributed by atoms with Crippen LogP contribution in [0.25, 0.3) is 0 Å². The summed E-state index contributed by atoms with van der Waals surface area (Å²) in [5.41, 5.74) is 3.50. The van der Waals surface area contributed by atoms with Gasteiger partial charge in [0.1, 0.15) is 11.9 Å². The second-order valence-electron chi connectivity index (χ2n) is 7.10. The molecule has 2 aromatic rings. The molecule has 134 valence electrons. The number of carbonyl (C=O) groups excluding carboxylic acids is 1. The Bertz CT molecular complexity index is 958. The minimum atomic E-state index is -0.235. The van der Waals surface area contributed by atoms with E-state index in [1.165, 1.54) is 5.56 Å². The van der Waals surface area contributed by atoms with Crippen molar-refractivity contribution in [2.45, 2.75) is 24.5 Å². The first kappa shape index (κ1) is 15.9. The molecule has 1 aromatic heterocycles. The van der Waals surface area contributed by atoms with Gasteiger partial charge in [0.2, 0.25) is 0 Å². The number of nitrogens with zero attached hydrogens (tertiary/aromatic N) is 2. The lowest BCUT2D eigenvalue weighted by molar-refractivity contribution is -0.118. The van der Waals surface area contributed by atoms with E-state index in [1.54, 1.807) is 12.4 Å². The molecule has 2 aliphatic heterocycles. The number of nitrogens with one attached hydrogen (secondary N) is 2. The maximum absolute atomic E-state index is 13.2. The molecule has 5 heteroatoms. The zero-order chi connectivity index (χ0) is 18.3. The Morgan fingerprint density at radius 3 is 2.63 bits per heavy atom. The third kappa shape index (κ3) is 2.72. The molecular weight excluding hydrogens is 336 g/mol. The van der Waals surface area contributed by atoms with Crippen molar-refractivity contribution in [3.8, 4) is 0 Å². The smallest absolute Gasteiger partial charge is 0.270 e. The monoisotopic (exact) mass is 356 g/mol. The molecule has 5 rings (SSSR count). The lowest BCUT2D eigenvalue weighted by Gasteiger charge is -2.25. The summed E-state index contributed by atoms with van der Waals surface area (Å²) in [4.78, 5) is 19.4. The third-order valence-corrected chi connectivity index (χ3v) is 5.38. The Kier molecular flexibility index (Phi) is 3.60. The van der Waals surface area contributed by atoms with Crippen LogP contribution in [-0.2, 0) is 10.3 Å².